The molecule has 1 saturated heterocycles. The molecule has 0 unspecified atom stereocenters. The zero-order valence-corrected chi connectivity index (χ0v) is 10.2. The van der Waals surface area contributed by atoms with Gasteiger partial charge in [-0.3, -0.25) is 4.79 Å². The van der Waals surface area contributed by atoms with E-state index in [0.717, 1.165) is 6.20 Å². The van der Waals surface area contributed by atoms with Gasteiger partial charge in [-0.2, -0.15) is 13.2 Å². The Balaban J connectivity index is 2.10. The van der Waals surface area contributed by atoms with E-state index in [4.69, 9.17) is 5.11 Å². The molecule has 7 nitrogen and oxygen atoms in total. The van der Waals surface area contributed by atoms with Gasteiger partial charge in [-0.15, -0.1) is 5.10 Å². The number of nitrogens with zero attached hydrogens (tertiary/aromatic N) is 4. The molecule has 110 valence electrons. The minimum Gasteiger partial charge on any atom is -0.476 e. The van der Waals surface area contributed by atoms with Crippen molar-refractivity contribution in [2.24, 2.45) is 0 Å². The van der Waals surface area contributed by atoms with Gasteiger partial charge >= 0.3 is 18.1 Å². The molecule has 1 aliphatic rings. The van der Waals surface area contributed by atoms with Gasteiger partial charge in [-0.25, -0.2) is 9.48 Å². The number of carbonyl (C=O) groups excluding carboxylic acids is 1. The van der Waals surface area contributed by atoms with Gasteiger partial charge in [0.15, 0.2) is 5.69 Å². The Morgan fingerprint density at radius 2 is 2.10 bits per heavy atom. The van der Waals surface area contributed by atoms with Crippen LogP contribution in [0.1, 0.15) is 29.4 Å². The molecule has 1 aliphatic heterocycles. The van der Waals surface area contributed by atoms with Crippen molar-refractivity contribution in [1.29, 1.82) is 0 Å². The van der Waals surface area contributed by atoms with Crippen molar-refractivity contribution < 1.29 is 27.9 Å². The smallest absolute Gasteiger partial charge is 0.471 e. The maximum absolute atomic E-state index is 12.4. The Morgan fingerprint density at radius 3 is 2.65 bits per heavy atom. The summed E-state index contributed by atoms with van der Waals surface area (Å²) in [6.45, 7) is -0.143. The fourth-order valence-corrected chi connectivity index (χ4v) is 2.09. The number of alkyl halides is 3. The van der Waals surface area contributed by atoms with Crippen LogP contribution in [0.15, 0.2) is 6.20 Å². The van der Waals surface area contributed by atoms with Gasteiger partial charge in [-0.05, 0) is 12.8 Å². The zero-order chi connectivity index (χ0) is 14.9. The predicted molar refractivity (Wildman–Crippen MR) is 57.9 cm³/mol. The Bertz CT molecular complexity index is 528. The number of carboxylic acids is 1. The summed E-state index contributed by atoms with van der Waals surface area (Å²) < 4.78 is 38.3. The van der Waals surface area contributed by atoms with E-state index < -0.39 is 24.1 Å². The lowest BCUT2D eigenvalue weighted by Crippen LogP contribution is -2.46. The van der Waals surface area contributed by atoms with Crippen LogP contribution in [0.4, 0.5) is 13.2 Å². The van der Waals surface area contributed by atoms with Gasteiger partial charge in [0.1, 0.15) is 0 Å². The summed E-state index contributed by atoms with van der Waals surface area (Å²) in [7, 11) is 0. The number of rotatable bonds is 2. The molecule has 0 bridgehead atoms. The molecular formula is C10H11F3N4O3. The van der Waals surface area contributed by atoms with E-state index in [0.29, 0.717) is 17.7 Å². The number of aromatic nitrogens is 3. The summed E-state index contributed by atoms with van der Waals surface area (Å²) in [6, 6.07) is -0.504. The van der Waals surface area contributed by atoms with E-state index in [-0.39, 0.29) is 18.8 Å². The molecule has 1 aromatic rings. The third-order valence-corrected chi connectivity index (χ3v) is 3.03. The molecular weight excluding hydrogens is 281 g/mol. The second-order valence-corrected chi connectivity index (χ2v) is 4.43. The number of halogens is 3. The average molecular weight is 292 g/mol. The van der Waals surface area contributed by atoms with Crippen molar-refractivity contribution >= 4 is 11.9 Å². The van der Waals surface area contributed by atoms with Crippen LogP contribution in [0.25, 0.3) is 0 Å². The van der Waals surface area contributed by atoms with Gasteiger partial charge in [0.25, 0.3) is 0 Å². The first-order valence-electron chi connectivity index (χ1n) is 5.80. The van der Waals surface area contributed by atoms with Crippen molar-refractivity contribution in [2.45, 2.75) is 25.1 Å². The summed E-state index contributed by atoms with van der Waals surface area (Å²) >= 11 is 0. The van der Waals surface area contributed by atoms with Crippen molar-refractivity contribution in [3.05, 3.63) is 11.9 Å². The Morgan fingerprint density at radius 1 is 1.40 bits per heavy atom. The lowest BCUT2D eigenvalue weighted by atomic mass is 10.1. The highest BCUT2D eigenvalue weighted by Crippen LogP contribution is 2.25. The van der Waals surface area contributed by atoms with Crippen LogP contribution in [-0.4, -0.2) is 56.1 Å². The number of amides is 1. The molecule has 0 spiro atoms. The van der Waals surface area contributed by atoms with E-state index in [1.165, 1.54) is 4.68 Å². The third kappa shape index (κ3) is 2.89. The first-order valence-corrected chi connectivity index (χ1v) is 5.80. The highest BCUT2D eigenvalue weighted by molar-refractivity contribution is 5.84. The maximum Gasteiger partial charge on any atom is 0.471 e. The highest BCUT2D eigenvalue weighted by atomic mass is 19.4. The van der Waals surface area contributed by atoms with E-state index in [1.54, 1.807) is 0 Å². The molecule has 1 aromatic heterocycles. The SMILES string of the molecule is O=C(O)c1cn([C@@H]2CCCN(C(=O)C(F)(F)F)C2)nn1. The minimum atomic E-state index is -4.91. The molecule has 0 aromatic carbocycles. The summed E-state index contributed by atoms with van der Waals surface area (Å²) in [5.74, 6) is -3.16. The summed E-state index contributed by atoms with van der Waals surface area (Å²) in [5, 5.41) is 15.7. The summed E-state index contributed by atoms with van der Waals surface area (Å²) in [4.78, 5) is 22.5. The van der Waals surface area contributed by atoms with Crippen molar-refractivity contribution in [1.82, 2.24) is 19.9 Å². The van der Waals surface area contributed by atoms with Crippen molar-refractivity contribution in [3.63, 3.8) is 0 Å². The van der Waals surface area contributed by atoms with Crippen LogP contribution in [-0.2, 0) is 4.79 Å². The molecule has 2 rings (SSSR count). The van der Waals surface area contributed by atoms with Gasteiger partial charge in [0.05, 0.1) is 12.2 Å². The van der Waals surface area contributed by atoms with Crippen LogP contribution in [0, 0.1) is 0 Å². The molecule has 0 aliphatic carbocycles. The molecule has 1 amide bonds. The van der Waals surface area contributed by atoms with Crippen LogP contribution in [0.3, 0.4) is 0 Å². The Kier molecular flexibility index (Phi) is 3.64. The number of piperidine rings is 1. The number of carbonyl (C=O) groups is 2. The molecule has 10 heteroatoms. The lowest BCUT2D eigenvalue weighted by Gasteiger charge is -2.32. The summed E-state index contributed by atoms with van der Waals surface area (Å²) in [5.41, 5.74) is -0.288. The lowest BCUT2D eigenvalue weighted by molar-refractivity contribution is -0.187. The number of hydrogen-bond donors (Lipinski definition) is 1. The quantitative estimate of drug-likeness (QED) is 0.867. The molecule has 2 heterocycles. The van der Waals surface area contributed by atoms with E-state index in [2.05, 4.69) is 10.3 Å². The number of hydrogen-bond acceptors (Lipinski definition) is 4. The minimum absolute atomic E-state index is 0.0231. The molecule has 0 radical (unpaired) electrons. The second kappa shape index (κ2) is 5.10. The number of carboxylic acid groups (broad SMARTS) is 1. The first kappa shape index (κ1) is 14.3. The van der Waals surface area contributed by atoms with Crippen LogP contribution < -0.4 is 0 Å². The first-order chi connectivity index (χ1) is 9.29. The maximum atomic E-state index is 12.4. The Hall–Kier alpha value is -2.13. The monoisotopic (exact) mass is 292 g/mol. The van der Waals surface area contributed by atoms with Crippen LogP contribution >= 0.6 is 0 Å². The van der Waals surface area contributed by atoms with Crippen molar-refractivity contribution in [3.8, 4) is 0 Å². The predicted octanol–water partition coefficient (Wildman–Crippen LogP) is 0.702. The zero-order valence-electron chi connectivity index (χ0n) is 10.2. The molecule has 1 atom stereocenters. The fourth-order valence-electron chi connectivity index (χ4n) is 2.09. The van der Waals surface area contributed by atoms with E-state index >= 15 is 0 Å². The summed E-state index contributed by atoms with van der Waals surface area (Å²) in [6.07, 6.45) is -2.87. The van der Waals surface area contributed by atoms with Gasteiger partial charge < -0.3 is 10.0 Å². The van der Waals surface area contributed by atoms with Crippen molar-refractivity contribution in [2.75, 3.05) is 13.1 Å². The second-order valence-electron chi connectivity index (χ2n) is 4.43. The molecule has 0 saturated carbocycles. The largest absolute Gasteiger partial charge is 0.476 e. The molecule has 20 heavy (non-hydrogen) atoms. The fraction of sp³-hybridized carbons (Fsp3) is 0.600. The van der Waals surface area contributed by atoms with Gasteiger partial charge in [0.2, 0.25) is 0 Å². The molecule has 1 N–H and O–H groups in total. The van der Waals surface area contributed by atoms with Crippen LogP contribution in [0.2, 0.25) is 0 Å². The topological polar surface area (TPSA) is 88.3 Å². The standard InChI is InChI=1S/C10H11F3N4O3/c11-10(12,13)9(20)16-3-1-2-6(4-16)17-5-7(8(18)19)14-15-17/h5-6H,1-4H2,(H,18,19)/t6-/m1/s1. The van der Waals surface area contributed by atoms with E-state index in [1.807, 2.05) is 0 Å². The Labute approximate surface area is 111 Å². The number of likely N-dealkylation sites (tertiary alicyclic amines) is 1. The highest BCUT2D eigenvalue weighted by Gasteiger charge is 2.43. The third-order valence-electron chi connectivity index (χ3n) is 3.03. The van der Waals surface area contributed by atoms with Crippen LogP contribution in [0.5, 0.6) is 0 Å². The van der Waals surface area contributed by atoms with Gasteiger partial charge in [0, 0.05) is 13.1 Å². The number of aromatic carboxylic acids is 1. The molecule has 1 fully saturated rings. The normalized spacial score (nSPS) is 19.9. The average Bonchev–Trinajstić information content (AvgIpc) is 2.86. The van der Waals surface area contributed by atoms with Gasteiger partial charge in [-0.1, -0.05) is 5.21 Å². The van der Waals surface area contributed by atoms with E-state index in [9.17, 15) is 22.8 Å².